The van der Waals surface area contributed by atoms with Gasteiger partial charge in [-0.05, 0) is 68.0 Å². The number of nitrogens with one attached hydrogen (secondary N) is 1. The summed E-state index contributed by atoms with van der Waals surface area (Å²) >= 11 is 2.23. The Morgan fingerprint density at radius 3 is 2.82 bits per heavy atom. The zero-order valence-corrected chi connectivity index (χ0v) is 15.2. The molecule has 1 aliphatic rings. The number of hydrogen-bond acceptors (Lipinski definition) is 4. The van der Waals surface area contributed by atoms with Crippen molar-refractivity contribution >= 4 is 40.7 Å². The topological polar surface area (TPSA) is 58.6 Å². The van der Waals surface area contributed by atoms with Gasteiger partial charge in [-0.25, -0.2) is 4.79 Å². The van der Waals surface area contributed by atoms with Crippen molar-refractivity contribution in [2.24, 2.45) is 0 Å². The average Bonchev–Trinajstić information content (AvgIpc) is 2.84. The van der Waals surface area contributed by atoms with Crippen molar-refractivity contribution in [2.75, 3.05) is 18.0 Å². The van der Waals surface area contributed by atoms with Gasteiger partial charge in [0.1, 0.15) is 5.60 Å². The lowest BCUT2D eigenvalue weighted by Crippen LogP contribution is -2.40. The van der Waals surface area contributed by atoms with E-state index in [-0.39, 0.29) is 6.04 Å². The Bertz CT molecular complexity index is 569. The number of carbonyl (C=O) groups excluding carboxylic acids is 2. The summed E-state index contributed by atoms with van der Waals surface area (Å²) in [6.45, 7) is 7.02. The molecule has 1 atom stereocenters. The first-order valence-corrected chi connectivity index (χ1v) is 8.35. The van der Waals surface area contributed by atoms with Gasteiger partial charge in [0.2, 0.25) is 0 Å². The number of anilines is 1. The predicted octanol–water partition coefficient (Wildman–Crippen LogP) is 3.21. The summed E-state index contributed by atoms with van der Waals surface area (Å²) in [7, 11) is 0. The molecule has 2 rings (SSSR count). The van der Waals surface area contributed by atoms with Crippen LogP contribution < -0.4 is 10.2 Å². The lowest BCUT2D eigenvalue weighted by atomic mass is 10.2. The standard InChI is InChI=1S/C16H21IN2O3/c1-16(2,3)22-15(21)18-13-6-7-19(9-13)14-8-12(17)5-4-11(14)10-20/h4-5,8,10,13H,6-7,9H2,1-3H3,(H,18,21)/t13-/m1/s1. The van der Waals surface area contributed by atoms with Crippen molar-refractivity contribution in [1.82, 2.24) is 5.32 Å². The maximum atomic E-state index is 11.8. The van der Waals surface area contributed by atoms with Gasteiger partial charge < -0.3 is 15.0 Å². The van der Waals surface area contributed by atoms with Gasteiger partial charge in [-0.2, -0.15) is 0 Å². The second-order valence-electron chi connectivity index (χ2n) is 6.40. The van der Waals surface area contributed by atoms with E-state index < -0.39 is 11.7 Å². The average molecular weight is 416 g/mol. The molecule has 1 heterocycles. The van der Waals surface area contributed by atoms with E-state index in [1.807, 2.05) is 39.0 Å². The molecular weight excluding hydrogens is 395 g/mol. The van der Waals surface area contributed by atoms with E-state index in [2.05, 4.69) is 32.8 Å². The number of hydrogen-bond donors (Lipinski definition) is 1. The Labute approximate surface area is 144 Å². The molecule has 6 heteroatoms. The van der Waals surface area contributed by atoms with Crippen LogP contribution in [0.3, 0.4) is 0 Å². The largest absolute Gasteiger partial charge is 0.444 e. The number of ether oxygens (including phenoxy) is 1. The molecule has 5 nitrogen and oxygen atoms in total. The zero-order valence-electron chi connectivity index (χ0n) is 13.1. The lowest BCUT2D eigenvalue weighted by molar-refractivity contribution is 0.0509. The smallest absolute Gasteiger partial charge is 0.407 e. The van der Waals surface area contributed by atoms with E-state index >= 15 is 0 Å². The number of nitrogens with zero attached hydrogens (tertiary/aromatic N) is 1. The number of benzene rings is 1. The highest BCUT2D eigenvalue weighted by Gasteiger charge is 2.27. The molecular formula is C16H21IN2O3. The van der Waals surface area contributed by atoms with Crippen LogP contribution in [-0.2, 0) is 4.74 Å². The van der Waals surface area contributed by atoms with E-state index in [1.54, 1.807) is 0 Å². The second kappa shape index (κ2) is 6.85. The molecule has 22 heavy (non-hydrogen) atoms. The summed E-state index contributed by atoms with van der Waals surface area (Å²) in [6.07, 6.45) is 1.32. The first-order chi connectivity index (χ1) is 10.3. The Hall–Kier alpha value is -1.31. The summed E-state index contributed by atoms with van der Waals surface area (Å²) < 4.78 is 6.36. The van der Waals surface area contributed by atoms with Crippen LogP contribution >= 0.6 is 22.6 Å². The van der Waals surface area contributed by atoms with E-state index in [1.165, 1.54) is 0 Å². The van der Waals surface area contributed by atoms with Gasteiger partial charge in [-0.3, -0.25) is 4.79 Å². The summed E-state index contributed by atoms with van der Waals surface area (Å²) in [6, 6.07) is 5.78. The molecule has 0 unspecified atom stereocenters. The minimum Gasteiger partial charge on any atom is -0.444 e. The van der Waals surface area contributed by atoms with Crippen molar-refractivity contribution in [2.45, 2.75) is 38.8 Å². The fourth-order valence-corrected chi connectivity index (χ4v) is 2.94. The molecule has 120 valence electrons. The Morgan fingerprint density at radius 2 is 2.18 bits per heavy atom. The van der Waals surface area contributed by atoms with Crippen LogP contribution in [0.25, 0.3) is 0 Å². The first-order valence-electron chi connectivity index (χ1n) is 7.27. The van der Waals surface area contributed by atoms with Crippen LogP contribution in [0.15, 0.2) is 18.2 Å². The number of alkyl carbamates (subject to hydrolysis) is 1. The van der Waals surface area contributed by atoms with Gasteiger partial charge in [-0.15, -0.1) is 0 Å². The molecule has 0 aliphatic carbocycles. The molecule has 0 spiro atoms. The Kier molecular flexibility index (Phi) is 5.31. The number of rotatable bonds is 3. The highest BCUT2D eigenvalue weighted by atomic mass is 127. The molecule has 1 aromatic rings. The van der Waals surface area contributed by atoms with Crippen molar-refractivity contribution in [3.8, 4) is 0 Å². The van der Waals surface area contributed by atoms with Crippen LogP contribution in [0.4, 0.5) is 10.5 Å². The van der Waals surface area contributed by atoms with Gasteiger partial charge in [0.15, 0.2) is 6.29 Å². The van der Waals surface area contributed by atoms with E-state index in [9.17, 15) is 9.59 Å². The molecule has 1 aromatic carbocycles. The SMILES string of the molecule is CC(C)(C)OC(=O)N[C@@H]1CCN(c2cc(I)ccc2C=O)C1. The van der Waals surface area contributed by atoms with Crippen LogP contribution in [0.1, 0.15) is 37.6 Å². The van der Waals surface area contributed by atoms with Gasteiger partial charge >= 0.3 is 6.09 Å². The summed E-state index contributed by atoms with van der Waals surface area (Å²) in [4.78, 5) is 25.2. The van der Waals surface area contributed by atoms with Gasteiger partial charge in [0.25, 0.3) is 0 Å². The molecule has 1 fully saturated rings. The third kappa shape index (κ3) is 4.59. The molecule has 0 radical (unpaired) electrons. The zero-order chi connectivity index (χ0) is 16.3. The van der Waals surface area contributed by atoms with Crippen molar-refractivity contribution in [3.63, 3.8) is 0 Å². The fraction of sp³-hybridized carbons (Fsp3) is 0.500. The number of carbonyl (C=O) groups is 2. The second-order valence-corrected chi connectivity index (χ2v) is 7.64. The van der Waals surface area contributed by atoms with Crippen molar-refractivity contribution in [1.29, 1.82) is 0 Å². The number of aldehydes is 1. The van der Waals surface area contributed by atoms with Crippen LogP contribution in [0.5, 0.6) is 0 Å². The van der Waals surface area contributed by atoms with E-state index in [4.69, 9.17) is 4.74 Å². The Balaban J connectivity index is 2.00. The predicted molar refractivity (Wildman–Crippen MR) is 94.5 cm³/mol. The molecule has 1 aliphatic heterocycles. The van der Waals surface area contributed by atoms with Gasteiger partial charge in [-0.1, -0.05) is 0 Å². The first kappa shape index (κ1) is 17.1. The third-order valence-electron chi connectivity index (χ3n) is 3.37. The molecule has 1 amide bonds. The van der Waals surface area contributed by atoms with E-state index in [0.717, 1.165) is 28.5 Å². The van der Waals surface area contributed by atoms with E-state index in [0.29, 0.717) is 12.1 Å². The number of halogens is 1. The minimum atomic E-state index is -0.497. The molecule has 1 saturated heterocycles. The van der Waals surface area contributed by atoms with Crippen LogP contribution in [-0.4, -0.2) is 37.1 Å². The highest BCUT2D eigenvalue weighted by Crippen LogP contribution is 2.26. The van der Waals surface area contributed by atoms with Crippen LogP contribution in [0.2, 0.25) is 0 Å². The lowest BCUT2D eigenvalue weighted by Gasteiger charge is -2.23. The molecule has 1 N–H and O–H groups in total. The van der Waals surface area contributed by atoms with Gasteiger partial charge in [0.05, 0.1) is 6.04 Å². The monoisotopic (exact) mass is 416 g/mol. The summed E-state index contributed by atoms with van der Waals surface area (Å²) in [5.41, 5.74) is 1.11. The quantitative estimate of drug-likeness (QED) is 0.608. The third-order valence-corrected chi connectivity index (χ3v) is 4.04. The maximum Gasteiger partial charge on any atom is 0.407 e. The Morgan fingerprint density at radius 1 is 1.45 bits per heavy atom. The fourth-order valence-electron chi connectivity index (χ4n) is 2.46. The van der Waals surface area contributed by atoms with Crippen molar-refractivity contribution < 1.29 is 14.3 Å². The normalized spacial score (nSPS) is 18.2. The molecule has 0 bridgehead atoms. The summed E-state index contributed by atoms with van der Waals surface area (Å²) in [5, 5.41) is 2.89. The maximum absolute atomic E-state index is 11.8. The van der Waals surface area contributed by atoms with Gasteiger partial charge in [0, 0.05) is 27.9 Å². The highest BCUT2D eigenvalue weighted by molar-refractivity contribution is 14.1. The molecule has 0 saturated carbocycles. The minimum absolute atomic E-state index is 0.0345. The van der Waals surface area contributed by atoms with Crippen LogP contribution in [0, 0.1) is 3.57 Å². The van der Waals surface area contributed by atoms with Crippen molar-refractivity contribution in [3.05, 3.63) is 27.3 Å². The number of amides is 1. The molecule has 0 aromatic heterocycles. The summed E-state index contributed by atoms with van der Waals surface area (Å²) in [5.74, 6) is 0.